The molecule has 2 fully saturated rings. The van der Waals surface area contributed by atoms with Crippen LogP contribution in [0.5, 0.6) is 0 Å². The summed E-state index contributed by atoms with van der Waals surface area (Å²) in [5, 5.41) is 0. The van der Waals surface area contributed by atoms with Gasteiger partial charge in [-0.3, -0.25) is 9.59 Å². The minimum absolute atomic E-state index is 0.0777. The molecular formula is C10H14N2O2. The second kappa shape index (κ2) is 3.44. The molecule has 14 heavy (non-hydrogen) atoms. The highest BCUT2D eigenvalue weighted by molar-refractivity contribution is 5.91. The van der Waals surface area contributed by atoms with Crippen molar-refractivity contribution >= 4 is 11.8 Å². The fourth-order valence-corrected chi connectivity index (χ4v) is 1.78. The Morgan fingerprint density at radius 3 is 2.64 bits per heavy atom. The number of rotatable bonds is 2. The number of carbonyl (C=O) groups is 2. The zero-order valence-corrected chi connectivity index (χ0v) is 8.11. The highest BCUT2D eigenvalue weighted by Crippen LogP contribution is 2.27. The van der Waals surface area contributed by atoms with Gasteiger partial charge in [0.2, 0.25) is 11.8 Å². The smallest absolute Gasteiger partial charge is 0.246 e. The van der Waals surface area contributed by atoms with Gasteiger partial charge in [-0.15, -0.1) is 0 Å². The summed E-state index contributed by atoms with van der Waals surface area (Å²) in [7, 11) is 0. The van der Waals surface area contributed by atoms with E-state index < -0.39 is 0 Å². The van der Waals surface area contributed by atoms with Crippen LogP contribution in [0.3, 0.4) is 0 Å². The molecule has 1 aliphatic heterocycles. The highest BCUT2D eigenvalue weighted by Gasteiger charge is 2.36. The first-order valence-corrected chi connectivity index (χ1v) is 4.93. The van der Waals surface area contributed by atoms with Gasteiger partial charge in [-0.05, 0) is 18.9 Å². The van der Waals surface area contributed by atoms with E-state index in [1.165, 1.54) is 6.08 Å². The molecule has 2 aliphatic rings. The largest absolute Gasteiger partial charge is 0.336 e. The van der Waals surface area contributed by atoms with Gasteiger partial charge in [0.25, 0.3) is 0 Å². The van der Waals surface area contributed by atoms with Crippen LogP contribution in [0.15, 0.2) is 12.7 Å². The predicted octanol–water partition coefficient (Wildman–Crippen LogP) is 0.00560. The van der Waals surface area contributed by atoms with Crippen molar-refractivity contribution in [3.8, 4) is 0 Å². The quantitative estimate of drug-likeness (QED) is 0.581. The number of amides is 2. The molecule has 76 valence electrons. The molecule has 0 unspecified atom stereocenters. The van der Waals surface area contributed by atoms with E-state index in [4.69, 9.17) is 0 Å². The third kappa shape index (κ3) is 1.64. The maximum Gasteiger partial charge on any atom is 0.246 e. The summed E-state index contributed by atoms with van der Waals surface area (Å²) in [5.41, 5.74) is 0. The molecule has 1 heterocycles. The van der Waals surface area contributed by atoms with Crippen molar-refractivity contribution in [2.24, 2.45) is 0 Å². The van der Waals surface area contributed by atoms with Crippen LogP contribution in [-0.4, -0.2) is 47.3 Å². The van der Waals surface area contributed by atoms with Gasteiger partial charge in [0, 0.05) is 19.1 Å². The lowest BCUT2D eigenvalue weighted by Crippen LogP contribution is -2.52. The van der Waals surface area contributed by atoms with Crippen molar-refractivity contribution in [2.75, 3.05) is 19.6 Å². The van der Waals surface area contributed by atoms with E-state index in [-0.39, 0.29) is 18.4 Å². The fourth-order valence-electron chi connectivity index (χ4n) is 1.78. The Balaban J connectivity index is 1.95. The number of piperazine rings is 1. The van der Waals surface area contributed by atoms with Crippen molar-refractivity contribution in [1.82, 2.24) is 9.80 Å². The Morgan fingerprint density at radius 2 is 2.14 bits per heavy atom. The molecule has 0 aromatic heterocycles. The average molecular weight is 194 g/mol. The summed E-state index contributed by atoms with van der Waals surface area (Å²) in [6.45, 7) is 4.96. The fraction of sp³-hybridized carbons (Fsp3) is 0.600. The van der Waals surface area contributed by atoms with E-state index in [0.29, 0.717) is 19.1 Å². The van der Waals surface area contributed by atoms with Crippen LogP contribution >= 0.6 is 0 Å². The van der Waals surface area contributed by atoms with Crippen molar-refractivity contribution in [1.29, 1.82) is 0 Å². The maximum absolute atomic E-state index is 11.6. The molecule has 1 saturated carbocycles. The topological polar surface area (TPSA) is 40.6 Å². The summed E-state index contributed by atoms with van der Waals surface area (Å²) in [6, 6.07) is 0.462. The maximum atomic E-state index is 11.6. The minimum Gasteiger partial charge on any atom is -0.336 e. The zero-order valence-electron chi connectivity index (χ0n) is 8.11. The van der Waals surface area contributed by atoms with Gasteiger partial charge in [0.15, 0.2) is 0 Å². The van der Waals surface area contributed by atoms with Crippen molar-refractivity contribution in [3.63, 3.8) is 0 Å². The lowest BCUT2D eigenvalue weighted by atomic mass is 10.3. The lowest BCUT2D eigenvalue weighted by Gasteiger charge is -2.33. The number of hydrogen-bond donors (Lipinski definition) is 0. The lowest BCUT2D eigenvalue weighted by molar-refractivity contribution is -0.143. The van der Waals surface area contributed by atoms with Crippen LogP contribution in [0.1, 0.15) is 12.8 Å². The van der Waals surface area contributed by atoms with E-state index in [9.17, 15) is 9.59 Å². The molecule has 0 aromatic rings. The van der Waals surface area contributed by atoms with Crippen molar-refractivity contribution in [3.05, 3.63) is 12.7 Å². The number of nitrogens with zero attached hydrogens (tertiary/aromatic N) is 2. The van der Waals surface area contributed by atoms with Crippen molar-refractivity contribution in [2.45, 2.75) is 18.9 Å². The van der Waals surface area contributed by atoms with Gasteiger partial charge in [-0.25, -0.2) is 0 Å². The first-order valence-electron chi connectivity index (χ1n) is 4.93. The second-order valence-corrected chi connectivity index (χ2v) is 3.78. The van der Waals surface area contributed by atoms with Gasteiger partial charge in [0.1, 0.15) is 6.54 Å². The summed E-state index contributed by atoms with van der Waals surface area (Å²) < 4.78 is 0. The van der Waals surface area contributed by atoms with Crippen LogP contribution in [0, 0.1) is 0 Å². The van der Waals surface area contributed by atoms with Gasteiger partial charge in [-0.2, -0.15) is 0 Å². The molecule has 0 aromatic carbocycles. The zero-order chi connectivity index (χ0) is 10.1. The van der Waals surface area contributed by atoms with E-state index in [1.54, 1.807) is 4.90 Å². The van der Waals surface area contributed by atoms with E-state index in [0.717, 1.165) is 12.8 Å². The Bertz CT molecular complexity index is 284. The molecule has 4 heteroatoms. The molecule has 1 aliphatic carbocycles. The first-order chi connectivity index (χ1) is 6.72. The van der Waals surface area contributed by atoms with E-state index >= 15 is 0 Å². The second-order valence-electron chi connectivity index (χ2n) is 3.78. The van der Waals surface area contributed by atoms with Crippen molar-refractivity contribution < 1.29 is 9.59 Å². The van der Waals surface area contributed by atoms with Crippen LogP contribution in [0.4, 0.5) is 0 Å². The highest BCUT2D eigenvalue weighted by atomic mass is 16.2. The molecule has 0 atom stereocenters. The SMILES string of the molecule is C=CC(=O)N1CCN(C2CC2)C(=O)C1. The van der Waals surface area contributed by atoms with E-state index in [1.807, 2.05) is 4.90 Å². The third-order valence-corrected chi connectivity index (χ3v) is 2.73. The summed E-state index contributed by atoms with van der Waals surface area (Å²) in [4.78, 5) is 26.3. The molecule has 0 radical (unpaired) electrons. The van der Waals surface area contributed by atoms with Crippen LogP contribution in [0.2, 0.25) is 0 Å². The van der Waals surface area contributed by atoms with E-state index in [2.05, 4.69) is 6.58 Å². The van der Waals surface area contributed by atoms with Gasteiger partial charge in [0.05, 0.1) is 0 Å². The van der Waals surface area contributed by atoms with Gasteiger partial charge in [-0.1, -0.05) is 6.58 Å². The molecular weight excluding hydrogens is 180 g/mol. The standard InChI is InChI=1S/C10H14N2O2/c1-2-9(13)11-5-6-12(8-3-4-8)10(14)7-11/h2,8H,1,3-7H2. The molecule has 1 saturated heterocycles. The molecule has 0 bridgehead atoms. The molecule has 0 spiro atoms. The Morgan fingerprint density at radius 1 is 1.43 bits per heavy atom. The van der Waals surface area contributed by atoms with Gasteiger partial charge < -0.3 is 9.80 Å². The minimum atomic E-state index is -0.145. The summed E-state index contributed by atoms with van der Waals surface area (Å²) >= 11 is 0. The Labute approximate surface area is 83.2 Å². The number of carbonyl (C=O) groups excluding carboxylic acids is 2. The monoisotopic (exact) mass is 194 g/mol. The molecule has 4 nitrogen and oxygen atoms in total. The Hall–Kier alpha value is -1.32. The third-order valence-electron chi connectivity index (χ3n) is 2.73. The number of hydrogen-bond acceptors (Lipinski definition) is 2. The van der Waals surface area contributed by atoms with Crippen LogP contribution in [-0.2, 0) is 9.59 Å². The molecule has 0 N–H and O–H groups in total. The normalized spacial score (nSPS) is 22.4. The average Bonchev–Trinajstić information content (AvgIpc) is 3.00. The van der Waals surface area contributed by atoms with Gasteiger partial charge >= 0.3 is 0 Å². The predicted molar refractivity (Wildman–Crippen MR) is 51.5 cm³/mol. The summed E-state index contributed by atoms with van der Waals surface area (Å²) in [5.74, 6) is -0.0669. The molecule has 2 rings (SSSR count). The molecule has 2 amide bonds. The summed E-state index contributed by atoms with van der Waals surface area (Å²) in [6.07, 6.45) is 3.52. The Kier molecular flexibility index (Phi) is 2.27. The first kappa shape index (κ1) is 9.24. The van der Waals surface area contributed by atoms with Crippen LogP contribution in [0.25, 0.3) is 0 Å². The van der Waals surface area contributed by atoms with Crippen LogP contribution < -0.4 is 0 Å².